The van der Waals surface area contributed by atoms with E-state index in [2.05, 4.69) is 4.98 Å². The Balaban J connectivity index is 2.13. The van der Waals surface area contributed by atoms with Gasteiger partial charge in [-0.3, -0.25) is 10.1 Å². The first-order valence-electron chi connectivity index (χ1n) is 5.14. The molecule has 2 aromatic rings. The fourth-order valence-electron chi connectivity index (χ4n) is 1.37. The average molecular weight is 281 g/mol. The molecule has 2 rings (SSSR count). The number of thiazole rings is 1. The van der Waals surface area contributed by atoms with E-state index in [4.69, 9.17) is 5.73 Å². The Morgan fingerprint density at radius 3 is 2.94 bits per heavy atom. The smallest absolute Gasteiger partial charge is 0.269 e. The molecular weight excluding hydrogens is 270 g/mol. The van der Waals surface area contributed by atoms with E-state index in [1.807, 2.05) is 12.3 Å². The van der Waals surface area contributed by atoms with Gasteiger partial charge in [-0.1, -0.05) is 11.8 Å². The van der Waals surface area contributed by atoms with Crippen LogP contribution in [0.3, 0.4) is 0 Å². The van der Waals surface area contributed by atoms with Gasteiger partial charge in [0.25, 0.3) is 5.69 Å². The van der Waals surface area contributed by atoms with E-state index in [-0.39, 0.29) is 5.69 Å². The molecule has 0 saturated carbocycles. The minimum absolute atomic E-state index is 0.0649. The van der Waals surface area contributed by atoms with Crippen molar-refractivity contribution in [3.05, 3.63) is 45.0 Å². The van der Waals surface area contributed by atoms with Crippen LogP contribution in [-0.2, 0) is 5.75 Å². The summed E-state index contributed by atoms with van der Waals surface area (Å²) in [4.78, 5) is 14.6. The van der Waals surface area contributed by atoms with Crippen LogP contribution in [0.25, 0.3) is 0 Å². The van der Waals surface area contributed by atoms with E-state index < -0.39 is 4.92 Å². The Bertz CT molecular complexity index is 583. The van der Waals surface area contributed by atoms with Gasteiger partial charge in [0.2, 0.25) is 0 Å². The molecule has 18 heavy (non-hydrogen) atoms. The second kappa shape index (κ2) is 5.36. The lowest BCUT2D eigenvalue weighted by Gasteiger charge is -2.03. The lowest BCUT2D eigenvalue weighted by Crippen LogP contribution is -1.95. The quantitative estimate of drug-likeness (QED) is 0.402. The van der Waals surface area contributed by atoms with Crippen LogP contribution in [0.5, 0.6) is 0 Å². The summed E-state index contributed by atoms with van der Waals surface area (Å²) in [6.07, 6.45) is 0. The number of thioether (sulfide) groups is 1. The Morgan fingerprint density at radius 2 is 2.33 bits per heavy atom. The highest BCUT2D eigenvalue weighted by Crippen LogP contribution is 2.29. The molecule has 1 aromatic heterocycles. The largest absolute Gasteiger partial charge is 0.398 e. The summed E-state index contributed by atoms with van der Waals surface area (Å²) < 4.78 is 0.943. The minimum Gasteiger partial charge on any atom is -0.398 e. The topological polar surface area (TPSA) is 82.0 Å². The summed E-state index contributed by atoms with van der Waals surface area (Å²) in [5.74, 6) is 0.584. The van der Waals surface area contributed by atoms with Gasteiger partial charge in [-0.15, -0.1) is 11.3 Å². The third kappa shape index (κ3) is 2.99. The maximum Gasteiger partial charge on any atom is 0.269 e. The highest BCUT2D eigenvalue weighted by Gasteiger charge is 2.10. The van der Waals surface area contributed by atoms with Crippen molar-refractivity contribution in [3.63, 3.8) is 0 Å². The van der Waals surface area contributed by atoms with Crippen molar-refractivity contribution < 1.29 is 4.92 Å². The molecule has 0 aliphatic rings. The predicted octanol–water partition coefficient (Wildman–Crippen LogP) is 3.23. The van der Waals surface area contributed by atoms with Crippen LogP contribution in [0, 0.1) is 17.0 Å². The maximum atomic E-state index is 10.7. The van der Waals surface area contributed by atoms with Crippen LogP contribution < -0.4 is 5.73 Å². The van der Waals surface area contributed by atoms with E-state index >= 15 is 0 Å². The number of non-ortho nitro benzene ring substituents is 1. The van der Waals surface area contributed by atoms with Gasteiger partial charge in [-0.05, 0) is 18.6 Å². The zero-order valence-electron chi connectivity index (χ0n) is 9.62. The number of nitro groups is 1. The van der Waals surface area contributed by atoms with Gasteiger partial charge in [0.1, 0.15) is 4.34 Å². The van der Waals surface area contributed by atoms with E-state index in [9.17, 15) is 10.1 Å². The van der Waals surface area contributed by atoms with Gasteiger partial charge in [0, 0.05) is 34.6 Å². The third-order valence-electron chi connectivity index (χ3n) is 2.29. The summed E-state index contributed by atoms with van der Waals surface area (Å²) in [5, 5.41) is 12.7. The van der Waals surface area contributed by atoms with Gasteiger partial charge in [-0.2, -0.15) is 0 Å². The van der Waals surface area contributed by atoms with Crippen molar-refractivity contribution in [2.45, 2.75) is 17.0 Å². The van der Waals surface area contributed by atoms with Crippen molar-refractivity contribution in [2.75, 3.05) is 5.73 Å². The molecule has 0 spiro atoms. The molecule has 0 bridgehead atoms. The Kier molecular flexibility index (Phi) is 3.83. The molecule has 1 heterocycles. The maximum absolute atomic E-state index is 10.7. The molecule has 0 amide bonds. The fourth-order valence-corrected chi connectivity index (χ4v) is 3.22. The molecule has 0 aliphatic carbocycles. The monoisotopic (exact) mass is 281 g/mol. The van der Waals surface area contributed by atoms with Crippen LogP contribution in [0.2, 0.25) is 0 Å². The molecule has 2 N–H and O–H groups in total. The Hall–Kier alpha value is -1.60. The number of nitrogen functional groups attached to an aromatic ring is 1. The molecule has 0 radical (unpaired) electrons. The number of aromatic nitrogens is 1. The summed E-state index contributed by atoms with van der Waals surface area (Å²) in [5.41, 5.74) is 8.19. The van der Waals surface area contributed by atoms with Crippen molar-refractivity contribution in [1.82, 2.24) is 4.98 Å². The summed E-state index contributed by atoms with van der Waals surface area (Å²) >= 11 is 3.10. The first kappa shape index (κ1) is 12.8. The summed E-state index contributed by atoms with van der Waals surface area (Å²) in [6.45, 7) is 1.93. The number of hydrogen-bond donors (Lipinski definition) is 1. The lowest BCUT2D eigenvalue weighted by molar-refractivity contribution is -0.384. The molecule has 7 heteroatoms. The first-order chi connectivity index (χ1) is 8.56. The number of nitrogens with zero attached hydrogens (tertiary/aromatic N) is 2. The number of rotatable bonds is 4. The molecule has 0 atom stereocenters. The number of benzene rings is 1. The molecule has 0 unspecified atom stereocenters. The SMILES string of the molecule is Cc1csc(SCc2cc([N+](=O)[O-])ccc2N)n1. The standard InChI is InChI=1S/C11H11N3O2S2/c1-7-5-17-11(13-7)18-6-8-4-9(14(15)16)2-3-10(8)12/h2-5H,6,12H2,1H3. The molecule has 5 nitrogen and oxygen atoms in total. The van der Waals surface area contributed by atoms with Crippen LogP contribution >= 0.6 is 23.1 Å². The molecule has 0 fully saturated rings. The lowest BCUT2D eigenvalue weighted by atomic mass is 10.2. The Morgan fingerprint density at radius 1 is 1.56 bits per heavy atom. The van der Waals surface area contributed by atoms with E-state index in [0.29, 0.717) is 11.4 Å². The predicted molar refractivity (Wildman–Crippen MR) is 73.9 cm³/mol. The number of aryl methyl sites for hydroxylation is 1. The first-order valence-corrected chi connectivity index (χ1v) is 7.00. The number of hydrogen-bond acceptors (Lipinski definition) is 6. The summed E-state index contributed by atoms with van der Waals surface area (Å²) in [7, 11) is 0. The van der Waals surface area contributed by atoms with Gasteiger partial charge >= 0.3 is 0 Å². The molecular formula is C11H11N3O2S2. The van der Waals surface area contributed by atoms with E-state index in [1.54, 1.807) is 17.4 Å². The third-order valence-corrected chi connectivity index (χ3v) is 4.47. The van der Waals surface area contributed by atoms with Crippen LogP contribution in [0.4, 0.5) is 11.4 Å². The van der Waals surface area contributed by atoms with Crippen molar-refractivity contribution in [3.8, 4) is 0 Å². The van der Waals surface area contributed by atoms with Crippen LogP contribution in [-0.4, -0.2) is 9.91 Å². The normalized spacial score (nSPS) is 10.5. The molecule has 0 saturated heterocycles. The molecule has 0 aliphatic heterocycles. The summed E-state index contributed by atoms with van der Waals surface area (Å²) in [6, 6.07) is 4.50. The van der Waals surface area contributed by atoms with Crippen molar-refractivity contribution >= 4 is 34.5 Å². The van der Waals surface area contributed by atoms with Crippen molar-refractivity contribution in [2.24, 2.45) is 0 Å². The van der Waals surface area contributed by atoms with Crippen LogP contribution in [0.15, 0.2) is 27.9 Å². The van der Waals surface area contributed by atoms with Gasteiger partial charge < -0.3 is 5.73 Å². The Labute approximate surface area is 112 Å². The second-order valence-electron chi connectivity index (χ2n) is 3.68. The second-order valence-corrected chi connectivity index (χ2v) is 5.76. The van der Waals surface area contributed by atoms with Crippen LogP contribution in [0.1, 0.15) is 11.3 Å². The van der Waals surface area contributed by atoms with E-state index in [1.165, 1.54) is 23.9 Å². The highest BCUT2D eigenvalue weighted by atomic mass is 32.2. The highest BCUT2D eigenvalue weighted by molar-refractivity contribution is 8.00. The number of anilines is 1. The zero-order valence-corrected chi connectivity index (χ0v) is 11.3. The van der Waals surface area contributed by atoms with Gasteiger partial charge in [0.15, 0.2) is 0 Å². The molecule has 94 valence electrons. The van der Waals surface area contributed by atoms with Crippen molar-refractivity contribution in [1.29, 1.82) is 0 Å². The molecule has 1 aromatic carbocycles. The zero-order chi connectivity index (χ0) is 13.1. The van der Waals surface area contributed by atoms with Gasteiger partial charge in [-0.25, -0.2) is 4.98 Å². The van der Waals surface area contributed by atoms with Gasteiger partial charge in [0.05, 0.1) is 4.92 Å². The average Bonchev–Trinajstić information content (AvgIpc) is 2.74. The number of nitro benzene ring substituents is 1. The van der Waals surface area contributed by atoms with E-state index in [0.717, 1.165) is 15.6 Å². The fraction of sp³-hybridized carbons (Fsp3) is 0.182. The number of nitrogens with two attached hydrogens (primary N) is 1. The minimum atomic E-state index is -0.416.